The number of nitrogens with one attached hydrogen (secondary N) is 1. The fourth-order valence-corrected chi connectivity index (χ4v) is 3.85. The van der Waals surface area contributed by atoms with Gasteiger partial charge in [0.1, 0.15) is 29.6 Å². The molecule has 0 unspecified atom stereocenters. The van der Waals surface area contributed by atoms with Crippen molar-refractivity contribution in [1.29, 1.82) is 0 Å². The third-order valence-corrected chi connectivity index (χ3v) is 6.13. The quantitative estimate of drug-likeness (QED) is 0.0954. The highest BCUT2D eigenvalue weighted by Crippen LogP contribution is 2.24. The van der Waals surface area contributed by atoms with E-state index in [1.165, 1.54) is 6.21 Å². The highest BCUT2D eigenvalue weighted by atomic mass is 79.9. The Morgan fingerprint density at radius 2 is 1.57 bits per heavy atom. The number of amides is 1. The van der Waals surface area contributed by atoms with Crippen LogP contribution >= 0.6 is 15.9 Å². The first-order chi connectivity index (χ1) is 19.4. The molecule has 0 saturated carbocycles. The van der Waals surface area contributed by atoms with Crippen molar-refractivity contribution in [3.05, 3.63) is 118 Å². The van der Waals surface area contributed by atoms with E-state index in [4.69, 9.17) is 18.9 Å². The van der Waals surface area contributed by atoms with Gasteiger partial charge in [0, 0.05) is 10.0 Å². The van der Waals surface area contributed by atoms with Crippen LogP contribution in [0.15, 0.2) is 107 Å². The van der Waals surface area contributed by atoms with Crippen molar-refractivity contribution in [1.82, 2.24) is 5.43 Å². The van der Waals surface area contributed by atoms with Crippen molar-refractivity contribution < 1.29 is 28.5 Å². The number of halogens is 1. The lowest BCUT2D eigenvalue weighted by atomic mass is 10.2. The molecule has 40 heavy (non-hydrogen) atoms. The van der Waals surface area contributed by atoms with Gasteiger partial charge in [0.15, 0.2) is 6.10 Å². The smallest absolute Gasteiger partial charge is 0.343 e. The molecule has 0 heterocycles. The van der Waals surface area contributed by atoms with Gasteiger partial charge in [-0.15, -0.1) is 0 Å². The Morgan fingerprint density at radius 1 is 0.900 bits per heavy atom. The maximum absolute atomic E-state index is 12.6. The predicted molar refractivity (Wildman–Crippen MR) is 155 cm³/mol. The molecule has 0 saturated heterocycles. The van der Waals surface area contributed by atoms with Gasteiger partial charge in [0.05, 0.1) is 18.9 Å². The van der Waals surface area contributed by atoms with Crippen molar-refractivity contribution in [2.45, 2.75) is 19.6 Å². The van der Waals surface area contributed by atoms with Crippen LogP contribution in [0.5, 0.6) is 23.0 Å². The first-order valence-corrected chi connectivity index (χ1v) is 13.1. The summed E-state index contributed by atoms with van der Waals surface area (Å²) >= 11 is 3.40. The molecule has 1 N–H and O–H groups in total. The van der Waals surface area contributed by atoms with Crippen LogP contribution in [0.4, 0.5) is 0 Å². The molecular weight excluding hydrogens is 576 g/mol. The topological polar surface area (TPSA) is 95.5 Å². The zero-order valence-electron chi connectivity index (χ0n) is 21.9. The summed E-state index contributed by atoms with van der Waals surface area (Å²) in [4.78, 5) is 25.2. The van der Waals surface area contributed by atoms with Crippen molar-refractivity contribution in [3.63, 3.8) is 0 Å². The number of benzene rings is 4. The number of methoxy groups -OCH3 is 1. The highest BCUT2D eigenvalue weighted by Gasteiger charge is 2.15. The summed E-state index contributed by atoms with van der Waals surface area (Å²) < 4.78 is 22.9. The summed E-state index contributed by atoms with van der Waals surface area (Å²) in [5, 5.41) is 4.02. The Hall–Kier alpha value is -4.63. The molecule has 0 radical (unpaired) electrons. The Balaban J connectivity index is 1.31. The van der Waals surface area contributed by atoms with Gasteiger partial charge in [-0.2, -0.15) is 5.10 Å². The molecule has 0 aliphatic heterocycles. The molecular formula is C31H27BrN2O6. The number of nitrogens with zero attached hydrogens (tertiary/aromatic N) is 1. The minimum absolute atomic E-state index is 0.279. The molecule has 8 nitrogen and oxygen atoms in total. The van der Waals surface area contributed by atoms with E-state index in [0.29, 0.717) is 35.0 Å². The molecule has 1 amide bonds. The molecule has 0 aliphatic carbocycles. The third kappa shape index (κ3) is 8.18. The standard InChI is InChI=1S/C31H27BrN2O6/c1-21(39-28-15-13-27(14-16-28)38-20-22-6-4-3-5-7-22)30(35)34-33-19-24-18-25(32)10-17-29(24)40-31(36)23-8-11-26(37-2)12-9-23/h3-19,21H,20H2,1-2H3,(H,34,35)/b33-19-/t21-/m0/s1. The second kappa shape index (κ2) is 14.0. The lowest BCUT2D eigenvalue weighted by molar-refractivity contribution is -0.127. The monoisotopic (exact) mass is 602 g/mol. The van der Waals surface area contributed by atoms with E-state index in [1.807, 2.05) is 30.3 Å². The Labute approximate surface area is 240 Å². The van der Waals surface area contributed by atoms with Crippen LogP contribution in [0.3, 0.4) is 0 Å². The number of hydrogen-bond acceptors (Lipinski definition) is 7. The molecule has 4 rings (SSSR count). The summed E-state index contributed by atoms with van der Waals surface area (Å²) in [6.45, 7) is 2.07. The minimum Gasteiger partial charge on any atom is -0.497 e. The molecule has 0 aromatic heterocycles. The number of hydrogen-bond donors (Lipinski definition) is 1. The molecule has 4 aromatic carbocycles. The lowest BCUT2D eigenvalue weighted by Gasteiger charge is -2.14. The lowest BCUT2D eigenvalue weighted by Crippen LogP contribution is -2.33. The molecule has 4 aromatic rings. The highest BCUT2D eigenvalue weighted by molar-refractivity contribution is 9.10. The Kier molecular flexibility index (Phi) is 9.90. The number of esters is 1. The van der Waals surface area contributed by atoms with E-state index < -0.39 is 18.0 Å². The first kappa shape index (κ1) is 28.4. The maximum Gasteiger partial charge on any atom is 0.343 e. The van der Waals surface area contributed by atoms with Crippen molar-refractivity contribution in [2.75, 3.05) is 7.11 Å². The largest absolute Gasteiger partial charge is 0.497 e. The fraction of sp³-hybridized carbons (Fsp3) is 0.129. The van der Waals surface area contributed by atoms with E-state index in [2.05, 4.69) is 26.5 Å². The summed E-state index contributed by atoms with van der Waals surface area (Å²) in [6, 6.07) is 28.6. The van der Waals surface area contributed by atoms with Crippen LogP contribution in [0.25, 0.3) is 0 Å². The first-order valence-electron chi connectivity index (χ1n) is 12.3. The van der Waals surface area contributed by atoms with Crippen molar-refractivity contribution in [3.8, 4) is 23.0 Å². The van der Waals surface area contributed by atoms with Crippen LogP contribution in [-0.4, -0.2) is 31.3 Å². The SMILES string of the molecule is COc1ccc(C(=O)Oc2ccc(Br)cc2/C=N\NC(=O)[C@H](C)Oc2ccc(OCc3ccccc3)cc2)cc1. The van der Waals surface area contributed by atoms with Crippen LogP contribution in [0.2, 0.25) is 0 Å². The van der Waals surface area contributed by atoms with E-state index in [-0.39, 0.29) is 5.75 Å². The van der Waals surface area contributed by atoms with Gasteiger partial charge in [-0.3, -0.25) is 4.79 Å². The number of rotatable bonds is 11. The van der Waals surface area contributed by atoms with Gasteiger partial charge in [0.25, 0.3) is 5.91 Å². The molecule has 0 spiro atoms. The van der Waals surface area contributed by atoms with E-state index in [1.54, 1.807) is 80.8 Å². The second-order valence-electron chi connectivity index (χ2n) is 8.54. The Bertz CT molecular complexity index is 1460. The van der Waals surface area contributed by atoms with E-state index in [9.17, 15) is 9.59 Å². The van der Waals surface area contributed by atoms with Crippen molar-refractivity contribution >= 4 is 34.0 Å². The normalized spacial score (nSPS) is 11.5. The number of carbonyl (C=O) groups is 2. The van der Waals surface area contributed by atoms with Gasteiger partial charge in [0.2, 0.25) is 0 Å². The maximum atomic E-state index is 12.6. The van der Waals surface area contributed by atoms with Gasteiger partial charge in [-0.25, -0.2) is 10.2 Å². The number of carbonyl (C=O) groups excluding carboxylic acids is 2. The van der Waals surface area contributed by atoms with Crippen molar-refractivity contribution in [2.24, 2.45) is 5.10 Å². The predicted octanol–water partition coefficient (Wildman–Crippen LogP) is 6.17. The molecule has 1 atom stereocenters. The molecule has 204 valence electrons. The summed E-state index contributed by atoms with van der Waals surface area (Å²) in [6.07, 6.45) is 0.577. The Morgan fingerprint density at radius 3 is 2.27 bits per heavy atom. The molecule has 0 aliphatic rings. The van der Waals surface area contributed by atoms with Crippen LogP contribution in [0.1, 0.15) is 28.4 Å². The average Bonchev–Trinajstić information content (AvgIpc) is 2.98. The second-order valence-corrected chi connectivity index (χ2v) is 9.46. The summed E-state index contributed by atoms with van der Waals surface area (Å²) in [5.74, 6) is 1.12. The summed E-state index contributed by atoms with van der Waals surface area (Å²) in [5.41, 5.74) is 4.37. The van der Waals surface area contributed by atoms with Crippen LogP contribution in [0, 0.1) is 0 Å². The van der Waals surface area contributed by atoms with Gasteiger partial charge >= 0.3 is 5.97 Å². The van der Waals surface area contributed by atoms with E-state index in [0.717, 1.165) is 10.0 Å². The van der Waals surface area contributed by atoms with Gasteiger partial charge < -0.3 is 18.9 Å². The number of ether oxygens (including phenoxy) is 4. The van der Waals surface area contributed by atoms with Gasteiger partial charge in [-0.1, -0.05) is 46.3 Å². The molecule has 0 bridgehead atoms. The zero-order valence-corrected chi connectivity index (χ0v) is 23.5. The fourth-order valence-electron chi connectivity index (χ4n) is 3.47. The molecule has 9 heteroatoms. The summed E-state index contributed by atoms with van der Waals surface area (Å²) in [7, 11) is 1.55. The number of hydrazone groups is 1. The van der Waals surface area contributed by atoms with Gasteiger partial charge in [-0.05, 0) is 79.2 Å². The zero-order chi connectivity index (χ0) is 28.3. The van der Waals surface area contributed by atoms with Crippen LogP contribution in [-0.2, 0) is 11.4 Å². The third-order valence-electron chi connectivity index (χ3n) is 5.63. The minimum atomic E-state index is -0.817. The molecule has 0 fully saturated rings. The average molecular weight is 603 g/mol. The van der Waals surface area contributed by atoms with Crippen LogP contribution < -0.4 is 24.4 Å². The van der Waals surface area contributed by atoms with E-state index >= 15 is 0 Å².